The molecule has 4 nitrogen and oxygen atoms in total. The quantitative estimate of drug-likeness (QED) is 0.799. The van der Waals surface area contributed by atoms with Gasteiger partial charge in [-0.25, -0.2) is 4.39 Å². The van der Waals surface area contributed by atoms with Gasteiger partial charge in [0.1, 0.15) is 12.1 Å². The van der Waals surface area contributed by atoms with Gasteiger partial charge >= 0.3 is 5.97 Å². The molecule has 1 atom stereocenters. The second-order valence-corrected chi connectivity index (χ2v) is 4.40. The van der Waals surface area contributed by atoms with Gasteiger partial charge in [-0.2, -0.15) is 4.39 Å². The van der Waals surface area contributed by atoms with Crippen LogP contribution in [0, 0.1) is 11.6 Å². The van der Waals surface area contributed by atoms with E-state index < -0.39 is 23.1 Å². The number of carbonyl (C=O) groups is 1. The van der Waals surface area contributed by atoms with Crippen LogP contribution in [0.25, 0.3) is 0 Å². The standard InChI is InChI=1S/C13H17F2NO3/c1-3-7-16-13(2,12(17)18)8-19-10-6-4-5-9(14)11(10)15/h4-6,16H,3,7-8H2,1-2H3,(H,17,18). The van der Waals surface area contributed by atoms with Crippen molar-refractivity contribution >= 4 is 5.97 Å². The van der Waals surface area contributed by atoms with Gasteiger partial charge in [-0.15, -0.1) is 0 Å². The fraction of sp³-hybridized carbons (Fsp3) is 0.462. The Morgan fingerprint density at radius 2 is 2.16 bits per heavy atom. The molecule has 0 saturated heterocycles. The molecule has 0 radical (unpaired) electrons. The lowest BCUT2D eigenvalue weighted by molar-refractivity contribution is -0.145. The number of hydrogen-bond acceptors (Lipinski definition) is 3. The van der Waals surface area contributed by atoms with E-state index in [0.29, 0.717) is 6.54 Å². The first-order valence-electron chi connectivity index (χ1n) is 5.96. The molecule has 0 aliphatic carbocycles. The van der Waals surface area contributed by atoms with Crippen molar-refractivity contribution in [3.05, 3.63) is 29.8 Å². The van der Waals surface area contributed by atoms with Crippen molar-refractivity contribution < 1.29 is 23.4 Å². The average molecular weight is 273 g/mol. The molecule has 0 spiro atoms. The zero-order valence-electron chi connectivity index (χ0n) is 10.9. The van der Waals surface area contributed by atoms with Gasteiger partial charge in [0.25, 0.3) is 0 Å². The van der Waals surface area contributed by atoms with Crippen molar-refractivity contribution in [2.45, 2.75) is 25.8 Å². The first-order valence-corrected chi connectivity index (χ1v) is 5.96. The third-order valence-corrected chi connectivity index (χ3v) is 2.67. The largest absolute Gasteiger partial charge is 0.488 e. The summed E-state index contributed by atoms with van der Waals surface area (Å²) in [6.07, 6.45) is 0.747. The molecular weight excluding hydrogens is 256 g/mol. The molecule has 0 heterocycles. The number of aliphatic carboxylic acids is 1. The summed E-state index contributed by atoms with van der Waals surface area (Å²) in [6.45, 7) is 3.51. The molecule has 0 fully saturated rings. The van der Waals surface area contributed by atoms with Crippen molar-refractivity contribution in [2.24, 2.45) is 0 Å². The van der Waals surface area contributed by atoms with Crippen molar-refractivity contribution in [1.82, 2.24) is 5.32 Å². The third-order valence-electron chi connectivity index (χ3n) is 2.67. The highest BCUT2D eigenvalue weighted by Crippen LogP contribution is 2.20. The Morgan fingerprint density at radius 3 is 2.74 bits per heavy atom. The topological polar surface area (TPSA) is 58.6 Å². The Labute approximate surface area is 110 Å². The molecular formula is C13H17F2NO3. The van der Waals surface area contributed by atoms with Gasteiger partial charge in [0.05, 0.1) is 0 Å². The van der Waals surface area contributed by atoms with Crippen LogP contribution < -0.4 is 10.1 Å². The maximum absolute atomic E-state index is 13.4. The first-order chi connectivity index (χ1) is 8.90. The molecule has 0 aliphatic heterocycles. The number of ether oxygens (including phenoxy) is 1. The van der Waals surface area contributed by atoms with Crippen molar-refractivity contribution in [1.29, 1.82) is 0 Å². The van der Waals surface area contributed by atoms with Gasteiger partial charge in [0.15, 0.2) is 11.6 Å². The second-order valence-electron chi connectivity index (χ2n) is 4.40. The lowest BCUT2D eigenvalue weighted by Gasteiger charge is -2.26. The lowest BCUT2D eigenvalue weighted by Crippen LogP contribution is -2.54. The van der Waals surface area contributed by atoms with Crippen LogP contribution in [0.4, 0.5) is 8.78 Å². The molecule has 1 rings (SSSR count). The van der Waals surface area contributed by atoms with E-state index in [0.717, 1.165) is 12.5 Å². The van der Waals surface area contributed by atoms with E-state index in [1.54, 1.807) is 0 Å². The monoisotopic (exact) mass is 273 g/mol. The smallest absolute Gasteiger partial charge is 0.327 e. The van der Waals surface area contributed by atoms with Gasteiger partial charge in [-0.05, 0) is 32.0 Å². The number of rotatable bonds is 7. The zero-order valence-corrected chi connectivity index (χ0v) is 10.9. The van der Waals surface area contributed by atoms with Gasteiger partial charge in [-0.1, -0.05) is 13.0 Å². The number of carboxylic acids is 1. The summed E-state index contributed by atoms with van der Waals surface area (Å²) < 4.78 is 31.4. The van der Waals surface area contributed by atoms with Gasteiger partial charge < -0.3 is 9.84 Å². The number of nitrogens with one attached hydrogen (secondary N) is 1. The van der Waals surface area contributed by atoms with Crippen LogP contribution >= 0.6 is 0 Å². The maximum atomic E-state index is 13.4. The summed E-state index contributed by atoms with van der Waals surface area (Å²) in [5.41, 5.74) is -1.35. The molecule has 19 heavy (non-hydrogen) atoms. The van der Waals surface area contributed by atoms with E-state index in [2.05, 4.69) is 5.32 Å². The zero-order chi connectivity index (χ0) is 14.5. The molecule has 2 N–H and O–H groups in total. The highest BCUT2D eigenvalue weighted by Gasteiger charge is 2.33. The molecule has 106 valence electrons. The number of hydrogen-bond donors (Lipinski definition) is 2. The Kier molecular flexibility index (Phi) is 5.23. The van der Waals surface area contributed by atoms with Crippen molar-refractivity contribution in [3.8, 4) is 5.75 Å². The number of carboxylic acid groups (broad SMARTS) is 1. The highest BCUT2D eigenvalue weighted by atomic mass is 19.2. The predicted molar refractivity (Wildman–Crippen MR) is 66.2 cm³/mol. The fourth-order valence-corrected chi connectivity index (χ4v) is 1.41. The van der Waals surface area contributed by atoms with Crippen LogP contribution in [0.15, 0.2) is 18.2 Å². The van der Waals surface area contributed by atoms with E-state index in [-0.39, 0.29) is 12.4 Å². The fourth-order valence-electron chi connectivity index (χ4n) is 1.41. The molecule has 0 amide bonds. The Morgan fingerprint density at radius 1 is 1.47 bits per heavy atom. The minimum Gasteiger partial charge on any atom is -0.488 e. The number of halogens is 2. The van der Waals surface area contributed by atoms with E-state index in [4.69, 9.17) is 9.84 Å². The minimum absolute atomic E-state index is 0.300. The third kappa shape index (κ3) is 3.89. The molecule has 1 unspecified atom stereocenters. The lowest BCUT2D eigenvalue weighted by atomic mass is 10.0. The Hall–Kier alpha value is -1.69. The Bertz CT molecular complexity index is 454. The second kappa shape index (κ2) is 6.47. The van der Waals surface area contributed by atoms with Crippen LogP contribution in [0.1, 0.15) is 20.3 Å². The normalized spacial score (nSPS) is 13.9. The summed E-state index contributed by atoms with van der Waals surface area (Å²) >= 11 is 0. The summed E-state index contributed by atoms with van der Waals surface area (Å²) in [5.74, 6) is -3.56. The summed E-state index contributed by atoms with van der Waals surface area (Å²) in [4.78, 5) is 11.2. The van der Waals surface area contributed by atoms with Gasteiger partial charge in [-0.3, -0.25) is 10.1 Å². The van der Waals surface area contributed by atoms with E-state index >= 15 is 0 Å². The Balaban J connectivity index is 2.76. The molecule has 1 aromatic carbocycles. The van der Waals surface area contributed by atoms with Crippen LogP contribution in [0.5, 0.6) is 5.75 Å². The first kappa shape index (κ1) is 15.4. The van der Waals surface area contributed by atoms with Gasteiger partial charge in [0.2, 0.25) is 5.82 Å². The SMILES string of the molecule is CCCNC(C)(COc1cccc(F)c1F)C(=O)O. The summed E-state index contributed by atoms with van der Waals surface area (Å²) in [7, 11) is 0. The van der Waals surface area contributed by atoms with Crippen LogP contribution in [-0.2, 0) is 4.79 Å². The van der Waals surface area contributed by atoms with E-state index in [1.165, 1.54) is 19.1 Å². The van der Waals surface area contributed by atoms with Crippen molar-refractivity contribution in [3.63, 3.8) is 0 Å². The predicted octanol–water partition coefficient (Wildman–Crippen LogP) is 2.19. The van der Waals surface area contributed by atoms with E-state index in [1.807, 2.05) is 6.92 Å². The van der Waals surface area contributed by atoms with Crippen molar-refractivity contribution in [2.75, 3.05) is 13.2 Å². The summed E-state index contributed by atoms with van der Waals surface area (Å²) in [6, 6.07) is 3.51. The number of benzene rings is 1. The summed E-state index contributed by atoms with van der Waals surface area (Å²) in [5, 5.41) is 12.0. The van der Waals surface area contributed by atoms with E-state index in [9.17, 15) is 13.6 Å². The minimum atomic E-state index is -1.35. The highest BCUT2D eigenvalue weighted by molar-refractivity contribution is 5.78. The molecule has 0 bridgehead atoms. The van der Waals surface area contributed by atoms with Crippen LogP contribution in [0.3, 0.4) is 0 Å². The molecule has 6 heteroatoms. The molecule has 1 aromatic rings. The van der Waals surface area contributed by atoms with Gasteiger partial charge in [0, 0.05) is 0 Å². The van der Waals surface area contributed by atoms with Crippen LogP contribution in [0.2, 0.25) is 0 Å². The molecule has 0 aliphatic rings. The molecule has 0 aromatic heterocycles. The average Bonchev–Trinajstić information content (AvgIpc) is 2.38. The van der Waals surface area contributed by atoms with Crippen LogP contribution in [-0.4, -0.2) is 29.8 Å². The maximum Gasteiger partial charge on any atom is 0.327 e. The molecule has 0 saturated carbocycles.